The van der Waals surface area contributed by atoms with Gasteiger partial charge >= 0.3 is 0 Å². The summed E-state index contributed by atoms with van der Waals surface area (Å²) in [6.45, 7) is 4.29. The highest BCUT2D eigenvalue weighted by Gasteiger charge is 2.30. The second-order valence-electron chi connectivity index (χ2n) is 5.34. The topological polar surface area (TPSA) is 90.9 Å². The Morgan fingerprint density at radius 3 is 2.62 bits per heavy atom. The van der Waals surface area contributed by atoms with Crippen LogP contribution in [0.1, 0.15) is 18.9 Å². The Bertz CT molecular complexity index is 706. The van der Waals surface area contributed by atoms with Gasteiger partial charge in [-0.05, 0) is 25.1 Å². The summed E-state index contributed by atoms with van der Waals surface area (Å²) in [4.78, 5) is 13.7. The van der Waals surface area contributed by atoms with Gasteiger partial charge in [-0.25, -0.2) is 0 Å². The number of halogens is 1. The van der Waals surface area contributed by atoms with Gasteiger partial charge in [0, 0.05) is 25.7 Å². The molecule has 0 atom stereocenters. The van der Waals surface area contributed by atoms with Gasteiger partial charge in [0.05, 0.1) is 6.54 Å². The molecule has 1 aromatic carbocycles. The third kappa shape index (κ3) is 4.93. The number of hydrogen-bond donors (Lipinski definition) is 2. The Balaban J connectivity index is 0.00000288. The standard InChI is InChI=1S/C15H22N4O3S.ClH/c1-3-8-16-9-10-17-14(20)11-19(2)15-12-6-4-5-7-13(12)23(21,22)18-15;/h4-7,16H,3,8-11H2,1-2H3,(H,17,20);1H. The van der Waals surface area contributed by atoms with E-state index in [9.17, 15) is 13.2 Å². The van der Waals surface area contributed by atoms with Crippen molar-refractivity contribution >= 4 is 34.2 Å². The summed E-state index contributed by atoms with van der Waals surface area (Å²) in [5, 5.41) is 5.98. The first-order valence-corrected chi connectivity index (χ1v) is 9.02. The highest BCUT2D eigenvalue weighted by Crippen LogP contribution is 2.26. The summed E-state index contributed by atoms with van der Waals surface area (Å²) < 4.78 is 27.8. The van der Waals surface area contributed by atoms with Crippen molar-refractivity contribution in [3.05, 3.63) is 29.8 Å². The van der Waals surface area contributed by atoms with Gasteiger partial charge in [0.2, 0.25) is 5.91 Å². The Kier molecular flexibility index (Phi) is 7.65. The van der Waals surface area contributed by atoms with Gasteiger partial charge in [0.15, 0.2) is 5.84 Å². The van der Waals surface area contributed by atoms with E-state index >= 15 is 0 Å². The summed E-state index contributed by atoms with van der Waals surface area (Å²) in [6.07, 6.45) is 1.05. The molecule has 1 aliphatic heterocycles. The van der Waals surface area contributed by atoms with Gasteiger partial charge < -0.3 is 15.5 Å². The molecule has 1 aliphatic rings. The molecule has 0 saturated carbocycles. The molecule has 0 bridgehead atoms. The number of sulfonamides is 1. The van der Waals surface area contributed by atoms with E-state index in [1.165, 1.54) is 6.07 Å². The van der Waals surface area contributed by atoms with Crippen molar-refractivity contribution in [2.75, 3.05) is 33.2 Å². The lowest BCUT2D eigenvalue weighted by Crippen LogP contribution is -2.40. The first-order chi connectivity index (χ1) is 11.0. The summed E-state index contributed by atoms with van der Waals surface area (Å²) in [7, 11) is -2.00. The minimum atomic E-state index is -3.66. The lowest BCUT2D eigenvalue weighted by atomic mass is 10.2. The average Bonchev–Trinajstić information content (AvgIpc) is 2.79. The molecule has 24 heavy (non-hydrogen) atoms. The van der Waals surface area contributed by atoms with E-state index < -0.39 is 10.0 Å². The summed E-state index contributed by atoms with van der Waals surface area (Å²) >= 11 is 0. The summed E-state index contributed by atoms with van der Waals surface area (Å²) in [6, 6.07) is 6.63. The number of benzene rings is 1. The fourth-order valence-corrected chi connectivity index (χ4v) is 3.55. The normalized spacial score (nSPS) is 14.3. The highest BCUT2D eigenvalue weighted by atomic mass is 35.5. The van der Waals surface area contributed by atoms with E-state index in [2.05, 4.69) is 22.0 Å². The first kappa shape index (κ1) is 20.4. The fourth-order valence-electron chi connectivity index (χ4n) is 2.30. The lowest BCUT2D eigenvalue weighted by molar-refractivity contribution is -0.121. The van der Waals surface area contributed by atoms with Crippen LogP contribution in [0.15, 0.2) is 33.6 Å². The molecule has 2 rings (SSSR count). The number of nitrogens with one attached hydrogen (secondary N) is 2. The van der Waals surface area contributed by atoms with Crippen LogP contribution in [0, 0.1) is 0 Å². The lowest BCUT2D eigenvalue weighted by Gasteiger charge is -2.18. The molecule has 0 spiro atoms. The van der Waals surface area contributed by atoms with Gasteiger partial charge in [-0.1, -0.05) is 19.1 Å². The molecule has 0 unspecified atom stereocenters. The number of carbonyl (C=O) groups excluding carboxylic acids is 1. The maximum absolute atomic E-state index is 12.0. The molecule has 1 amide bonds. The van der Waals surface area contributed by atoms with E-state index in [1.54, 1.807) is 30.1 Å². The zero-order valence-corrected chi connectivity index (χ0v) is 15.4. The van der Waals surface area contributed by atoms with Crippen LogP contribution >= 0.6 is 12.4 Å². The summed E-state index contributed by atoms with van der Waals surface area (Å²) in [5.41, 5.74) is 0.535. The van der Waals surface area contributed by atoms with Crippen molar-refractivity contribution in [1.82, 2.24) is 15.5 Å². The average molecular weight is 375 g/mol. The SMILES string of the molecule is CCCNCCNC(=O)CN(C)C1=NS(=O)(=O)c2ccccc21.Cl. The quantitative estimate of drug-likeness (QED) is 0.682. The van der Waals surface area contributed by atoms with Crippen molar-refractivity contribution in [2.45, 2.75) is 18.2 Å². The number of rotatable bonds is 7. The van der Waals surface area contributed by atoms with Gasteiger partial charge in [-0.3, -0.25) is 4.79 Å². The van der Waals surface area contributed by atoms with Crippen LogP contribution < -0.4 is 10.6 Å². The Hall–Kier alpha value is -1.64. The number of hydrogen-bond acceptors (Lipinski definition) is 5. The van der Waals surface area contributed by atoms with E-state index in [0.717, 1.165) is 13.0 Å². The van der Waals surface area contributed by atoms with Gasteiger partial charge in [0.1, 0.15) is 4.90 Å². The van der Waals surface area contributed by atoms with E-state index in [-0.39, 0.29) is 29.8 Å². The van der Waals surface area contributed by atoms with E-state index in [0.29, 0.717) is 24.5 Å². The Morgan fingerprint density at radius 2 is 1.92 bits per heavy atom. The molecular weight excluding hydrogens is 352 g/mol. The molecule has 2 N–H and O–H groups in total. The molecule has 1 heterocycles. The van der Waals surface area contributed by atoms with Crippen LogP contribution in [-0.4, -0.2) is 58.3 Å². The molecule has 0 saturated heterocycles. The maximum atomic E-state index is 12.0. The molecule has 0 radical (unpaired) electrons. The number of amides is 1. The predicted octanol–water partition coefficient (Wildman–Crippen LogP) is 0.605. The molecular formula is C15H23ClN4O3S. The van der Waals surface area contributed by atoms with Crippen molar-refractivity contribution in [2.24, 2.45) is 4.40 Å². The van der Waals surface area contributed by atoms with Crippen LogP contribution in [0.5, 0.6) is 0 Å². The number of carbonyl (C=O) groups is 1. The van der Waals surface area contributed by atoms with Crippen molar-refractivity contribution < 1.29 is 13.2 Å². The maximum Gasteiger partial charge on any atom is 0.285 e. The third-order valence-electron chi connectivity index (χ3n) is 3.41. The molecule has 0 aromatic heterocycles. The molecule has 9 heteroatoms. The summed E-state index contributed by atoms with van der Waals surface area (Å²) in [5.74, 6) is 0.134. The Labute approximate surface area is 149 Å². The fraction of sp³-hybridized carbons (Fsp3) is 0.467. The van der Waals surface area contributed by atoms with Crippen LogP contribution in [0.25, 0.3) is 0 Å². The molecule has 7 nitrogen and oxygen atoms in total. The Morgan fingerprint density at radius 1 is 1.21 bits per heavy atom. The number of nitrogens with zero attached hydrogens (tertiary/aromatic N) is 2. The minimum Gasteiger partial charge on any atom is -0.353 e. The van der Waals surface area contributed by atoms with Crippen LogP contribution in [0.3, 0.4) is 0 Å². The number of fused-ring (bicyclic) bond motifs is 1. The largest absolute Gasteiger partial charge is 0.353 e. The number of amidine groups is 1. The smallest absolute Gasteiger partial charge is 0.285 e. The predicted molar refractivity (Wildman–Crippen MR) is 96.2 cm³/mol. The van der Waals surface area contributed by atoms with Gasteiger partial charge in [-0.15, -0.1) is 16.8 Å². The van der Waals surface area contributed by atoms with E-state index in [1.807, 2.05) is 0 Å². The van der Waals surface area contributed by atoms with E-state index in [4.69, 9.17) is 0 Å². The minimum absolute atomic E-state index is 0. The monoisotopic (exact) mass is 374 g/mol. The zero-order chi connectivity index (χ0) is 16.9. The molecule has 0 aliphatic carbocycles. The molecule has 0 fully saturated rings. The number of likely N-dealkylation sites (N-methyl/N-ethyl adjacent to an activating group) is 1. The van der Waals surface area contributed by atoms with Gasteiger partial charge in [0.25, 0.3) is 10.0 Å². The van der Waals surface area contributed by atoms with Crippen LogP contribution in [-0.2, 0) is 14.8 Å². The molecule has 1 aromatic rings. The highest BCUT2D eigenvalue weighted by molar-refractivity contribution is 7.90. The zero-order valence-electron chi connectivity index (χ0n) is 13.8. The van der Waals surface area contributed by atoms with Gasteiger partial charge in [-0.2, -0.15) is 8.42 Å². The second-order valence-corrected chi connectivity index (χ2v) is 6.91. The molecule has 134 valence electrons. The van der Waals surface area contributed by atoms with Crippen molar-refractivity contribution in [3.8, 4) is 0 Å². The second kappa shape index (κ2) is 9.00. The van der Waals surface area contributed by atoms with Crippen molar-refractivity contribution in [1.29, 1.82) is 0 Å². The first-order valence-electron chi connectivity index (χ1n) is 7.58. The van der Waals surface area contributed by atoms with Crippen LogP contribution in [0.2, 0.25) is 0 Å². The van der Waals surface area contributed by atoms with Crippen molar-refractivity contribution in [3.63, 3.8) is 0 Å². The van der Waals surface area contributed by atoms with Crippen LogP contribution in [0.4, 0.5) is 0 Å². The third-order valence-corrected chi connectivity index (χ3v) is 4.73.